The van der Waals surface area contributed by atoms with Gasteiger partial charge >= 0.3 is 0 Å². The first-order valence-corrected chi connectivity index (χ1v) is 7.22. The molecule has 0 radical (unpaired) electrons. The Morgan fingerprint density at radius 3 is 2.63 bits per heavy atom. The van der Waals surface area contributed by atoms with Gasteiger partial charge in [0.2, 0.25) is 0 Å². The van der Waals surface area contributed by atoms with Crippen molar-refractivity contribution in [3.63, 3.8) is 0 Å². The van der Waals surface area contributed by atoms with E-state index in [4.69, 9.17) is 0 Å². The minimum atomic E-state index is 0.163. The average molecular weight is 264 g/mol. The van der Waals surface area contributed by atoms with Crippen molar-refractivity contribution in [2.75, 3.05) is 13.1 Å². The molecule has 2 heterocycles. The number of nitrogens with zero attached hydrogens (tertiary/aromatic N) is 5. The SMILES string of the molecule is Cn1nnc(CN2CC(C)(C)NCC23CCCC3)n1. The quantitative estimate of drug-likeness (QED) is 0.852. The standard InChI is InChI=1S/C13H24N6/c1-12(2)10-19(8-11-15-17-18(3)16-11)13(9-14-12)6-4-5-7-13/h14H,4-10H2,1-3H3. The van der Waals surface area contributed by atoms with Crippen LogP contribution in [0.5, 0.6) is 0 Å². The van der Waals surface area contributed by atoms with Crippen molar-refractivity contribution in [2.24, 2.45) is 7.05 Å². The van der Waals surface area contributed by atoms with E-state index in [1.165, 1.54) is 25.7 Å². The fourth-order valence-electron chi connectivity index (χ4n) is 3.52. The van der Waals surface area contributed by atoms with Gasteiger partial charge in [-0.3, -0.25) is 4.90 Å². The number of aryl methyl sites for hydroxylation is 1. The summed E-state index contributed by atoms with van der Waals surface area (Å²) in [5, 5.41) is 16.1. The monoisotopic (exact) mass is 264 g/mol. The van der Waals surface area contributed by atoms with Gasteiger partial charge in [0.1, 0.15) is 0 Å². The molecular formula is C13H24N6. The van der Waals surface area contributed by atoms with Crippen molar-refractivity contribution in [3.8, 4) is 0 Å². The summed E-state index contributed by atoms with van der Waals surface area (Å²) in [6.07, 6.45) is 5.26. The predicted molar refractivity (Wildman–Crippen MR) is 72.5 cm³/mol. The number of piperazine rings is 1. The van der Waals surface area contributed by atoms with E-state index in [9.17, 15) is 0 Å². The molecule has 1 saturated carbocycles. The zero-order chi connectivity index (χ0) is 13.5. The zero-order valence-electron chi connectivity index (χ0n) is 12.2. The summed E-state index contributed by atoms with van der Waals surface area (Å²) >= 11 is 0. The molecule has 0 bridgehead atoms. The fraction of sp³-hybridized carbons (Fsp3) is 0.923. The lowest BCUT2D eigenvalue weighted by atomic mass is 9.87. The highest BCUT2D eigenvalue weighted by atomic mass is 15.6. The van der Waals surface area contributed by atoms with E-state index >= 15 is 0 Å². The van der Waals surface area contributed by atoms with Crippen molar-refractivity contribution in [3.05, 3.63) is 5.82 Å². The minimum absolute atomic E-state index is 0.163. The second-order valence-corrected chi connectivity index (χ2v) is 6.72. The number of tetrazole rings is 1. The molecule has 19 heavy (non-hydrogen) atoms. The summed E-state index contributed by atoms with van der Waals surface area (Å²) in [5.74, 6) is 0.839. The molecule has 6 heteroatoms. The molecule has 1 N–H and O–H groups in total. The van der Waals surface area contributed by atoms with Crippen LogP contribution >= 0.6 is 0 Å². The molecule has 1 saturated heterocycles. The molecule has 1 aromatic rings. The number of hydrogen-bond donors (Lipinski definition) is 1. The molecule has 0 atom stereocenters. The van der Waals surface area contributed by atoms with Gasteiger partial charge in [0.15, 0.2) is 5.82 Å². The van der Waals surface area contributed by atoms with Gasteiger partial charge in [-0.1, -0.05) is 12.8 Å². The highest BCUT2D eigenvalue weighted by Gasteiger charge is 2.45. The topological polar surface area (TPSA) is 58.9 Å². The molecule has 2 aliphatic rings. The highest BCUT2D eigenvalue weighted by Crippen LogP contribution is 2.38. The van der Waals surface area contributed by atoms with Gasteiger partial charge in [-0.05, 0) is 31.9 Å². The summed E-state index contributed by atoms with van der Waals surface area (Å²) in [4.78, 5) is 4.14. The lowest BCUT2D eigenvalue weighted by molar-refractivity contribution is 0.0102. The molecule has 2 fully saturated rings. The van der Waals surface area contributed by atoms with E-state index in [2.05, 4.69) is 39.5 Å². The first-order valence-electron chi connectivity index (χ1n) is 7.22. The van der Waals surface area contributed by atoms with E-state index in [1.54, 1.807) is 4.80 Å². The molecule has 106 valence electrons. The maximum atomic E-state index is 4.34. The predicted octanol–water partition coefficient (Wildman–Crippen LogP) is 0.707. The van der Waals surface area contributed by atoms with Gasteiger partial charge in [-0.2, -0.15) is 4.80 Å². The smallest absolute Gasteiger partial charge is 0.188 e. The maximum absolute atomic E-state index is 4.34. The van der Waals surface area contributed by atoms with Gasteiger partial charge in [0, 0.05) is 24.2 Å². The zero-order valence-corrected chi connectivity index (χ0v) is 12.2. The van der Waals surface area contributed by atoms with Crippen molar-refractivity contribution in [2.45, 2.75) is 57.2 Å². The Bertz CT molecular complexity index is 446. The van der Waals surface area contributed by atoms with E-state index in [0.29, 0.717) is 5.54 Å². The molecular weight excluding hydrogens is 240 g/mol. The molecule has 1 aliphatic heterocycles. The number of hydrogen-bond acceptors (Lipinski definition) is 5. The van der Waals surface area contributed by atoms with Crippen molar-refractivity contribution >= 4 is 0 Å². The van der Waals surface area contributed by atoms with Crippen LogP contribution in [0, 0.1) is 0 Å². The van der Waals surface area contributed by atoms with Gasteiger partial charge < -0.3 is 5.32 Å². The van der Waals surface area contributed by atoms with Crippen LogP contribution < -0.4 is 5.32 Å². The van der Waals surface area contributed by atoms with E-state index < -0.39 is 0 Å². The molecule has 3 rings (SSSR count). The Labute approximate surface area is 114 Å². The summed E-state index contributed by atoms with van der Waals surface area (Å²) in [7, 11) is 1.82. The van der Waals surface area contributed by atoms with Crippen LogP contribution in [0.15, 0.2) is 0 Å². The maximum Gasteiger partial charge on any atom is 0.188 e. The van der Waals surface area contributed by atoms with Gasteiger partial charge in [0.05, 0.1) is 13.6 Å². The van der Waals surface area contributed by atoms with E-state index in [0.717, 1.165) is 25.5 Å². The van der Waals surface area contributed by atoms with Crippen LogP contribution in [-0.4, -0.2) is 49.3 Å². The second-order valence-electron chi connectivity index (χ2n) is 6.72. The first-order chi connectivity index (χ1) is 8.99. The Balaban J connectivity index is 1.81. The Morgan fingerprint density at radius 1 is 1.26 bits per heavy atom. The van der Waals surface area contributed by atoms with Crippen LogP contribution in [0.3, 0.4) is 0 Å². The normalized spacial score (nSPS) is 26.1. The third-order valence-corrected chi connectivity index (χ3v) is 4.57. The number of nitrogens with one attached hydrogen (secondary N) is 1. The van der Waals surface area contributed by atoms with Gasteiger partial charge in [0.25, 0.3) is 0 Å². The molecule has 0 aromatic carbocycles. The Kier molecular flexibility index (Phi) is 3.09. The van der Waals surface area contributed by atoms with Gasteiger partial charge in [-0.15, -0.1) is 10.2 Å². The van der Waals surface area contributed by atoms with Crippen LogP contribution in [0.25, 0.3) is 0 Å². The van der Waals surface area contributed by atoms with Crippen LogP contribution in [-0.2, 0) is 13.6 Å². The molecule has 0 amide bonds. The largest absolute Gasteiger partial charge is 0.309 e. The number of aromatic nitrogens is 4. The average Bonchev–Trinajstić information content (AvgIpc) is 2.95. The van der Waals surface area contributed by atoms with Crippen molar-refractivity contribution < 1.29 is 0 Å². The fourth-order valence-corrected chi connectivity index (χ4v) is 3.52. The minimum Gasteiger partial charge on any atom is -0.309 e. The number of rotatable bonds is 2. The van der Waals surface area contributed by atoms with Crippen LogP contribution in [0.4, 0.5) is 0 Å². The van der Waals surface area contributed by atoms with Crippen molar-refractivity contribution in [1.29, 1.82) is 0 Å². The lowest BCUT2D eigenvalue weighted by Crippen LogP contribution is -2.67. The highest BCUT2D eigenvalue weighted by molar-refractivity contribution is 5.05. The summed E-state index contributed by atoms with van der Waals surface area (Å²) in [6.45, 7) is 7.49. The summed E-state index contributed by atoms with van der Waals surface area (Å²) in [6, 6.07) is 0. The van der Waals surface area contributed by atoms with E-state index in [1.807, 2.05) is 7.05 Å². The second kappa shape index (κ2) is 4.52. The third-order valence-electron chi connectivity index (χ3n) is 4.57. The van der Waals surface area contributed by atoms with E-state index in [-0.39, 0.29) is 5.54 Å². The summed E-state index contributed by atoms with van der Waals surface area (Å²) in [5.41, 5.74) is 0.477. The van der Waals surface area contributed by atoms with Crippen molar-refractivity contribution in [1.82, 2.24) is 30.4 Å². The van der Waals surface area contributed by atoms with Gasteiger partial charge in [-0.25, -0.2) is 0 Å². The Morgan fingerprint density at radius 2 is 2.00 bits per heavy atom. The molecule has 6 nitrogen and oxygen atoms in total. The van der Waals surface area contributed by atoms with Crippen LogP contribution in [0.2, 0.25) is 0 Å². The summed E-state index contributed by atoms with van der Waals surface area (Å²) < 4.78 is 0. The van der Waals surface area contributed by atoms with Crippen LogP contribution in [0.1, 0.15) is 45.4 Å². The lowest BCUT2D eigenvalue weighted by Gasteiger charge is -2.51. The molecule has 1 aromatic heterocycles. The third kappa shape index (κ3) is 2.51. The first kappa shape index (κ1) is 13.0. The Hall–Kier alpha value is -1.01. The molecule has 1 aliphatic carbocycles. The molecule has 1 spiro atoms. The molecule has 0 unspecified atom stereocenters.